The summed E-state index contributed by atoms with van der Waals surface area (Å²) >= 11 is 0. The van der Waals surface area contributed by atoms with Crippen molar-refractivity contribution in [1.82, 2.24) is 9.62 Å². The molecule has 0 aliphatic carbocycles. The number of nitrogens with one attached hydrogen (secondary N) is 1. The molecular weight excluding hydrogens is 419 g/mol. The Bertz CT molecular complexity index is 978. The molecule has 1 aliphatic heterocycles. The Morgan fingerprint density at radius 1 is 1.13 bits per heavy atom. The van der Waals surface area contributed by atoms with Gasteiger partial charge in [0.15, 0.2) is 0 Å². The highest BCUT2D eigenvalue weighted by molar-refractivity contribution is 7.89. The summed E-state index contributed by atoms with van der Waals surface area (Å²) in [6, 6.07) is 12.4. The van der Waals surface area contributed by atoms with Gasteiger partial charge in [-0.2, -0.15) is 4.31 Å². The lowest BCUT2D eigenvalue weighted by atomic mass is 9.82. The molecule has 3 rings (SSSR count). The van der Waals surface area contributed by atoms with Crippen LogP contribution < -0.4 is 10.1 Å². The van der Waals surface area contributed by atoms with E-state index in [1.54, 1.807) is 36.4 Å². The highest BCUT2D eigenvalue weighted by Gasteiger charge is 2.35. The van der Waals surface area contributed by atoms with E-state index in [0.29, 0.717) is 38.2 Å². The van der Waals surface area contributed by atoms with Gasteiger partial charge >= 0.3 is 0 Å². The fourth-order valence-corrected chi connectivity index (χ4v) is 5.52. The maximum Gasteiger partial charge on any atom is 0.243 e. The second-order valence-corrected chi connectivity index (χ2v) is 9.80. The van der Waals surface area contributed by atoms with Crippen LogP contribution in [0, 0.1) is 17.7 Å². The molecule has 2 aromatic carbocycles. The number of amides is 1. The topological polar surface area (TPSA) is 75.7 Å². The van der Waals surface area contributed by atoms with E-state index in [1.165, 1.54) is 23.5 Å². The third-order valence-corrected chi connectivity index (χ3v) is 7.81. The number of methoxy groups -OCH3 is 1. The molecule has 1 heterocycles. The predicted octanol–water partition coefficient (Wildman–Crippen LogP) is 3.58. The monoisotopic (exact) mass is 448 g/mol. The van der Waals surface area contributed by atoms with Crippen LogP contribution in [0.3, 0.4) is 0 Å². The van der Waals surface area contributed by atoms with E-state index in [0.717, 1.165) is 12.0 Å². The average molecular weight is 449 g/mol. The highest BCUT2D eigenvalue weighted by atomic mass is 32.2. The Kier molecular flexibility index (Phi) is 7.67. The number of halogens is 1. The minimum atomic E-state index is -3.59. The van der Waals surface area contributed by atoms with E-state index in [4.69, 9.17) is 4.74 Å². The molecule has 6 nitrogen and oxygen atoms in total. The molecule has 31 heavy (non-hydrogen) atoms. The normalized spacial score (nSPS) is 19.7. The SMILES string of the molecule is CC[C@H]1CN(S(=O)(=O)c2ccc(OC)cc2)CC[C@H]1CC(=O)NCc1ccc(F)cc1. The van der Waals surface area contributed by atoms with E-state index < -0.39 is 10.0 Å². The van der Waals surface area contributed by atoms with Gasteiger partial charge < -0.3 is 10.1 Å². The van der Waals surface area contributed by atoms with Gasteiger partial charge in [0.25, 0.3) is 0 Å². The number of piperidine rings is 1. The third-order valence-electron chi connectivity index (χ3n) is 5.93. The quantitative estimate of drug-likeness (QED) is 0.670. The zero-order chi connectivity index (χ0) is 22.4. The fourth-order valence-electron chi connectivity index (χ4n) is 4.01. The molecule has 168 valence electrons. The van der Waals surface area contributed by atoms with Crippen LogP contribution in [-0.2, 0) is 21.4 Å². The van der Waals surface area contributed by atoms with Crippen LogP contribution in [0.4, 0.5) is 4.39 Å². The largest absolute Gasteiger partial charge is 0.497 e. The van der Waals surface area contributed by atoms with Crippen molar-refractivity contribution in [3.05, 3.63) is 59.9 Å². The van der Waals surface area contributed by atoms with Crippen LogP contribution in [0.5, 0.6) is 5.75 Å². The standard InChI is InChI=1S/C23H29FN2O4S/c1-3-18-16-26(31(28,29)22-10-8-21(30-2)9-11-22)13-12-19(18)14-23(27)25-15-17-4-6-20(24)7-5-17/h4-11,18-19H,3,12-16H2,1-2H3,(H,25,27)/t18-,19-/m0/s1. The first-order valence-corrected chi connectivity index (χ1v) is 11.9. The Hall–Kier alpha value is -2.45. The van der Waals surface area contributed by atoms with Crippen LogP contribution in [-0.4, -0.2) is 38.8 Å². The summed E-state index contributed by atoms with van der Waals surface area (Å²) in [7, 11) is -2.05. The minimum Gasteiger partial charge on any atom is -0.497 e. The zero-order valence-electron chi connectivity index (χ0n) is 17.9. The number of hydrogen-bond donors (Lipinski definition) is 1. The molecule has 0 aromatic heterocycles. The van der Waals surface area contributed by atoms with Gasteiger partial charge in [-0.3, -0.25) is 4.79 Å². The molecule has 0 bridgehead atoms. The summed E-state index contributed by atoms with van der Waals surface area (Å²) in [6.45, 7) is 3.17. The molecule has 1 saturated heterocycles. The predicted molar refractivity (Wildman–Crippen MR) is 117 cm³/mol. The first-order chi connectivity index (χ1) is 14.8. The lowest BCUT2D eigenvalue weighted by molar-refractivity contribution is -0.122. The third kappa shape index (κ3) is 5.83. The molecule has 0 spiro atoms. The van der Waals surface area contributed by atoms with Crippen LogP contribution in [0.1, 0.15) is 31.7 Å². The Morgan fingerprint density at radius 3 is 2.42 bits per heavy atom. The molecule has 0 radical (unpaired) electrons. The first kappa shape index (κ1) is 23.2. The molecule has 1 amide bonds. The molecule has 1 N–H and O–H groups in total. The maximum absolute atomic E-state index is 13.0. The second-order valence-electron chi connectivity index (χ2n) is 7.86. The van der Waals surface area contributed by atoms with Crippen molar-refractivity contribution in [2.24, 2.45) is 11.8 Å². The summed E-state index contributed by atoms with van der Waals surface area (Å²) in [4.78, 5) is 12.7. The smallest absolute Gasteiger partial charge is 0.243 e. The minimum absolute atomic E-state index is 0.0702. The van der Waals surface area contributed by atoms with Crippen LogP contribution in [0.2, 0.25) is 0 Å². The van der Waals surface area contributed by atoms with Gasteiger partial charge in [0.1, 0.15) is 11.6 Å². The fraction of sp³-hybridized carbons (Fsp3) is 0.435. The lowest BCUT2D eigenvalue weighted by Gasteiger charge is -2.37. The molecule has 1 aliphatic rings. The van der Waals surface area contributed by atoms with Crippen molar-refractivity contribution >= 4 is 15.9 Å². The van der Waals surface area contributed by atoms with Gasteiger partial charge in [0, 0.05) is 26.1 Å². The molecule has 2 aromatic rings. The van der Waals surface area contributed by atoms with Gasteiger partial charge in [0.05, 0.1) is 12.0 Å². The summed E-state index contributed by atoms with van der Waals surface area (Å²) in [5, 5.41) is 2.88. The van der Waals surface area contributed by atoms with E-state index in [-0.39, 0.29) is 28.5 Å². The van der Waals surface area contributed by atoms with Crippen molar-refractivity contribution in [3.63, 3.8) is 0 Å². The molecule has 1 fully saturated rings. The van der Waals surface area contributed by atoms with Crippen LogP contribution in [0.25, 0.3) is 0 Å². The van der Waals surface area contributed by atoms with Crippen molar-refractivity contribution in [2.75, 3.05) is 20.2 Å². The maximum atomic E-state index is 13.0. The van der Waals surface area contributed by atoms with Gasteiger partial charge in [-0.05, 0) is 60.2 Å². The Balaban J connectivity index is 1.58. The van der Waals surface area contributed by atoms with E-state index in [2.05, 4.69) is 5.32 Å². The Morgan fingerprint density at radius 2 is 1.81 bits per heavy atom. The number of nitrogens with zero attached hydrogens (tertiary/aromatic N) is 1. The van der Waals surface area contributed by atoms with Crippen molar-refractivity contribution < 1.29 is 22.3 Å². The molecule has 0 unspecified atom stereocenters. The van der Waals surface area contributed by atoms with Crippen molar-refractivity contribution in [2.45, 2.75) is 37.6 Å². The number of rotatable bonds is 8. The van der Waals surface area contributed by atoms with Gasteiger partial charge in [-0.1, -0.05) is 25.5 Å². The number of carbonyl (C=O) groups is 1. The number of ether oxygens (including phenoxy) is 1. The average Bonchev–Trinajstić information content (AvgIpc) is 2.79. The number of sulfonamides is 1. The molecular formula is C23H29FN2O4S. The number of hydrogen-bond acceptors (Lipinski definition) is 4. The molecule has 2 atom stereocenters. The van der Waals surface area contributed by atoms with Crippen molar-refractivity contribution in [1.29, 1.82) is 0 Å². The second kappa shape index (κ2) is 10.2. The summed E-state index contributed by atoms with van der Waals surface area (Å²) in [6.07, 6.45) is 1.79. The Labute approximate surface area is 183 Å². The van der Waals surface area contributed by atoms with E-state index in [9.17, 15) is 17.6 Å². The van der Waals surface area contributed by atoms with Crippen LogP contribution in [0.15, 0.2) is 53.4 Å². The van der Waals surface area contributed by atoms with Crippen LogP contribution >= 0.6 is 0 Å². The zero-order valence-corrected chi connectivity index (χ0v) is 18.7. The number of carbonyl (C=O) groups excluding carboxylic acids is 1. The number of benzene rings is 2. The summed E-state index contributed by atoms with van der Waals surface area (Å²) < 4.78 is 45.7. The van der Waals surface area contributed by atoms with Gasteiger partial charge in [0.2, 0.25) is 15.9 Å². The van der Waals surface area contributed by atoms with E-state index >= 15 is 0 Å². The molecule has 0 saturated carbocycles. The highest BCUT2D eigenvalue weighted by Crippen LogP contribution is 2.32. The first-order valence-electron chi connectivity index (χ1n) is 10.5. The van der Waals surface area contributed by atoms with Crippen molar-refractivity contribution in [3.8, 4) is 5.75 Å². The van der Waals surface area contributed by atoms with Gasteiger partial charge in [-0.25, -0.2) is 12.8 Å². The lowest BCUT2D eigenvalue weighted by Crippen LogP contribution is -2.44. The molecule has 8 heteroatoms. The summed E-state index contributed by atoms with van der Waals surface area (Å²) in [5.74, 6) is 0.464. The van der Waals surface area contributed by atoms with Gasteiger partial charge in [-0.15, -0.1) is 0 Å². The van der Waals surface area contributed by atoms with E-state index in [1.807, 2.05) is 6.92 Å². The summed E-state index contributed by atoms with van der Waals surface area (Å²) in [5.41, 5.74) is 0.835.